The van der Waals surface area contributed by atoms with Crippen LogP contribution in [-0.2, 0) is 4.74 Å². The van der Waals surface area contributed by atoms with E-state index in [2.05, 4.69) is 11.2 Å². The average molecular weight is 169 g/mol. The lowest BCUT2D eigenvalue weighted by Crippen LogP contribution is -2.20. The van der Waals surface area contributed by atoms with E-state index in [1.165, 1.54) is 0 Å². The Labute approximate surface area is 75.7 Å². The predicted molar refractivity (Wildman–Crippen MR) is 52.0 cm³/mol. The Kier molecular flexibility index (Phi) is 10.0. The number of terminal acetylenes is 1. The van der Waals surface area contributed by atoms with Crippen molar-refractivity contribution >= 4 is 0 Å². The fourth-order valence-corrected chi connectivity index (χ4v) is 0.891. The van der Waals surface area contributed by atoms with Gasteiger partial charge in [-0.2, -0.15) is 0 Å². The number of hydrogen-bond acceptors (Lipinski definition) is 2. The Morgan fingerprint density at radius 3 is 2.83 bits per heavy atom. The van der Waals surface area contributed by atoms with Gasteiger partial charge in [0.25, 0.3) is 0 Å². The Hall–Kier alpha value is -0.520. The van der Waals surface area contributed by atoms with Crippen molar-refractivity contribution in [3.05, 3.63) is 0 Å². The monoisotopic (exact) mass is 169 g/mol. The van der Waals surface area contributed by atoms with Gasteiger partial charge < -0.3 is 10.1 Å². The van der Waals surface area contributed by atoms with E-state index in [1.807, 2.05) is 6.92 Å². The molecular weight excluding hydrogens is 150 g/mol. The van der Waals surface area contributed by atoms with Crippen LogP contribution in [0.1, 0.15) is 26.2 Å². The maximum absolute atomic E-state index is 5.17. The molecule has 0 rings (SSSR count). The minimum Gasteiger partial charge on any atom is -0.380 e. The van der Waals surface area contributed by atoms with Crippen molar-refractivity contribution in [3.63, 3.8) is 0 Å². The standard InChI is InChI=1S/C10H19NO/c1-3-5-6-7-8-11-9-10-12-4-2/h1,11H,4-10H2,2H3. The minimum atomic E-state index is 0.804. The zero-order chi connectivity index (χ0) is 9.07. The highest BCUT2D eigenvalue weighted by Crippen LogP contribution is 1.90. The van der Waals surface area contributed by atoms with Crippen molar-refractivity contribution in [1.82, 2.24) is 5.32 Å². The predicted octanol–water partition coefficient (Wildman–Crippen LogP) is 1.42. The molecule has 0 heterocycles. The summed E-state index contributed by atoms with van der Waals surface area (Å²) in [5, 5.41) is 3.29. The molecule has 0 amide bonds. The lowest BCUT2D eigenvalue weighted by atomic mass is 10.2. The van der Waals surface area contributed by atoms with Gasteiger partial charge in [0.1, 0.15) is 0 Å². The number of rotatable bonds is 8. The van der Waals surface area contributed by atoms with Gasteiger partial charge in [0, 0.05) is 19.6 Å². The quantitative estimate of drug-likeness (QED) is 0.438. The van der Waals surface area contributed by atoms with Gasteiger partial charge in [0.2, 0.25) is 0 Å². The largest absolute Gasteiger partial charge is 0.380 e. The Morgan fingerprint density at radius 2 is 2.17 bits per heavy atom. The van der Waals surface area contributed by atoms with Crippen LogP contribution in [0.25, 0.3) is 0 Å². The molecule has 0 unspecified atom stereocenters. The van der Waals surface area contributed by atoms with Gasteiger partial charge in [-0.05, 0) is 26.3 Å². The van der Waals surface area contributed by atoms with Crippen molar-refractivity contribution in [2.24, 2.45) is 0 Å². The molecule has 0 aliphatic heterocycles. The lowest BCUT2D eigenvalue weighted by molar-refractivity contribution is 0.149. The van der Waals surface area contributed by atoms with Crippen LogP contribution < -0.4 is 5.32 Å². The summed E-state index contributed by atoms with van der Waals surface area (Å²) < 4.78 is 5.17. The molecule has 0 saturated heterocycles. The van der Waals surface area contributed by atoms with E-state index in [0.29, 0.717) is 0 Å². The first-order valence-electron chi connectivity index (χ1n) is 4.63. The number of hydrogen-bond donors (Lipinski definition) is 1. The fraction of sp³-hybridized carbons (Fsp3) is 0.800. The summed E-state index contributed by atoms with van der Waals surface area (Å²) >= 11 is 0. The van der Waals surface area contributed by atoms with Gasteiger partial charge in [-0.3, -0.25) is 0 Å². The molecule has 0 saturated carbocycles. The zero-order valence-electron chi connectivity index (χ0n) is 7.94. The molecule has 0 aromatic heterocycles. The molecule has 0 aliphatic carbocycles. The van der Waals surface area contributed by atoms with Crippen LogP contribution in [0.15, 0.2) is 0 Å². The molecule has 0 aromatic carbocycles. The summed E-state index contributed by atoms with van der Waals surface area (Å²) in [6.07, 6.45) is 8.30. The second kappa shape index (κ2) is 10.5. The number of unbranched alkanes of at least 4 members (excludes halogenated alkanes) is 2. The first kappa shape index (κ1) is 11.5. The van der Waals surface area contributed by atoms with Crippen LogP contribution >= 0.6 is 0 Å². The molecule has 12 heavy (non-hydrogen) atoms. The summed E-state index contributed by atoms with van der Waals surface area (Å²) in [6, 6.07) is 0. The summed E-state index contributed by atoms with van der Waals surface area (Å²) in [5.74, 6) is 2.63. The van der Waals surface area contributed by atoms with Gasteiger partial charge in [0.05, 0.1) is 6.61 Å². The third-order valence-electron chi connectivity index (χ3n) is 1.55. The molecule has 0 spiro atoms. The molecular formula is C10H19NO. The van der Waals surface area contributed by atoms with Crippen LogP contribution in [0.2, 0.25) is 0 Å². The molecule has 1 N–H and O–H groups in total. The smallest absolute Gasteiger partial charge is 0.0590 e. The Morgan fingerprint density at radius 1 is 1.33 bits per heavy atom. The molecule has 0 aliphatic rings. The summed E-state index contributed by atoms with van der Waals surface area (Å²) in [4.78, 5) is 0. The second-order valence-electron chi connectivity index (χ2n) is 2.61. The molecule has 0 radical (unpaired) electrons. The van der Waals surface area contributed by atoms with E-state index < -0.39 is 0 Å². The van der Waals surface area contributed by atoms with E-state index in [4.69, 9.17) is 11.2 Å². The van der Waals surface area contributed by atoms with E-state index >= 15 is 0 Å². The van der Waals surface area contributed by atoms with Crippen LogP contribution in [-0.4, -0.2) is 26.3 Å². The molecule has 70 valence electrons. The summed E-state index contributed by atoms with van der Waals surface area (Å²) in [6.45, 7) is 5.62. The van der Waals surface area contributed by atoms with Gasteiger partial charge in [-0.1, -0.05) is 0 Å². The Balaban J connectivity index is 2.78. The topological polar surface area (TPSA) is 21.3 Å². The maximum Gasteiger partial charge on any atom is 0.0590 e. The van der Waals surface area contributed by atoms with Gasteiger partial charge in [-0.15, -0.1) is 12.3 Å². The molecule has 2 heteroatoms. The van der Waals surface area contributed by atoms with Crippen molar-refractivity contribution in [2.45, 2.75) is 26.2 Å². The molecule has 2 nitrogen and oxygen atoms in total. The first-order valence-corrected chi connectivity index (χ1v) is 4.63. The lowest BCUT2D eigenvalue weighted by Gasteiger charge is -2.03. The molecule has 0 aromatic rings. The second-order valence-corrected chi connectivity index (χ2v) is 2.61. The van der Waals surface area contributed by atoms with Crippen LogP contribution in [0.4, 0.5) is 0 Å². The molecule has 0 fully saturated rings. The number of ether oxygens (including phenoxy) is 1. The summed E-state index contributed by atoms with van der Waals surface area (Å²) in [7, 11) is 0. The van der Waals surface area contributed by atoms with E-state index in [9.17, 15) is 0 Å². The minimum absolute atomic E-state index is 0.804. The van der Waals surface area contributed by atoms with Crippen molar-refractivity contribution in [2.75, 3.05) is 26.3 Å². The molecule has 0 bridgehead atoms. The highest BCUT2D eigenvalue weighted by Gasteiger charge is 1.87. The van der Waals surface area contributed by atoms with Crippen LogP contribution in [0, 0.1) is 12.3 Å². The summed E-state index contributed by atoms with van der Waals surface area (Å²) in [5.41, 5.74) is 0. The van der Waals surface area contributed by atoms with E-state index in [0.717, 1.165) is 45.6 Å². The van der Waals surface area contributed by atoms with Gasteiger partial charge >= 0.3 is 0 Å². The normalized spacial score (nSPS) is 9.67. The van der Waals surface area contributed by atoms with E-state index in [-0.39, 0.29) is 0 Å². The zero-order valence-corrected chi connectivity index (χ0v) is 7.94. The molecule has 0 atom stereocenters. The highest BCUT2D eigenvalue weighted by atomic mass is 16.5. The van der Waals surface area contributed by atoms with E-state index in [1.54, 1.807) is 0 Å². The van der Waals surface area contributed by atoms with Crippen LogP contribution in [0.5, 0.6) is 0 Å². The maximum atomic E-state index is 5.17. The SMILES string of the molecule is C#CCCCCNCCOCC. The Bertz CT molecular complexity index is 117. The van der Waals surface area contributed by atoms with Gasteiger partial charge in [0.15, 0.2) is 0 Å². The first-order chi connectivity index (χ1) is 5.91. The van der Waals surface area contributed by atoms with Crippen molar-refractivity contribution < 1.29 is 4.74 Å². The highest BCUT2D eigenvalue weighted by molar-refractivity contribution is 4.82. The number of nitrogens with one attached hydrogen (secondary N) is 1. The van der Waals surface area contributed by atoms with Crippen molar-refractivity contribution in [3.8, 4) is 12.3 Å². The van der Waals surface area contributed by atoms with Crippen molar-refractivity contribution in [1.29, 1.82) is 0 Å². The fourth-order valence-electron chi connectivity index (χ4n) is 0.891. The average Bonchev–Trinajstić information content (AvgIpc) is 2.10. The third-order valence-corrected chi connectivity index (χ3v) is 1.55. The third kappa shape index (κ3) is 9.48. The van der Waals surface area contributed by atoms with Crippen LogP contribution in [0.3, 0.4) is 0 Å². The van der Waals surface area contributed by atoms with Gasteiger partial charge in [-0.25, -0.2) is 0 Å².